The Morgan fingerprint density at radius 3 is 2.83 bits per heavy atom. The first-order chi connectivity index (χ1) is 8.65. The van der Waals surface area contributed by atoms with Crippen LogP contribution in [-0.2, 0) is 4.74 Å². The maximum atomic E-state index is 11.9. The first-order valence-electron chi connectivity index (χ1n) is 5.61. The predicted octanol–water partition coefficient (Wildman–Crippen LogP) is 3.01. The van der Waals surface area contributed by atoms with Crippen molar-refractivity contribution in [2.45, 2.75) is 13.8 Å². The van der Waals surface area contributed by atoms with Gasteiger partial charge in [0, 0.05) is 5.56 Å². The highest BCUT2D eigenvalue weighted by Crippen LogP contribution is 2.22. The molecule has 1 aromatic heterocycles. The van der Waals surface area contributed by atoms with Crippen molar-refractivity contribution in [1.82, 2.24) is 9.78 Å². The Morgan fingerprint density at radius 2 is 2.17 bits per heavy atom. The zero-order chi connectivity index (χ0) is 13.1. The van der Waals surface area contributed by atoms with Crippen molar-refractivity contribution >= 4 is 17.6 Å². The third-order valence-corrected chi connectivity index (χ3v) is 2.82. The minimum atomic E-state index is -0.396. The lowest BCUT2D eigenvalue weighted by Gasteiger charge is -2.09. The number of esters is 1. The maximum Gasteiger partial charge on any atom is 0.357 e. The van der Waals surface area contributed by atoms with Gasteiger partial charge in [0.15, 0.2) is 5.69 Å². The maximum absolute atomic E-state index is 11.9. The van der Waals surface area contributed by atoms with E-state index in [9.17, 15) is 4.79 Å². The molecule has 0 saturated carbocycles. The van der Waals surface area contributed by atoms with Crippen LogP contribution in [0.1, 0.15) is 23.0 Å². The number of rotatable bonds is 3. The predicted molar refractivity (Wildman–Crippen MR) is 69.3 cm³/mol. The number of ether oxygens (including phenoxy) is 1. The van der Waals surface area contributed by atoms with Crippen LogP contribution < -0.4 is 0 Å². The van der Waals surface area contributed by atoms with Gasteiger partial charge in [0.25, 0.3) is 0 Å². The van der Waals surface area contributed by atoms with Crippen molar-refractivity contribution in [3.8, 4) is 5.69 Å². The van der Waals surface area contributed by atoms with Crippen molar-refractivity contribution in [3.63, 3.8) is 0 Å². The van der Waals surface area contributed by atoms with Crippen molar-refractivity contribution in [1.29, 1.82) is 0 Å². The normalized spacial score (nSPS) is 10.4. The van der Waals surface area contributed by atoms with Gasteiger partial charge in [-0.05, 0) is 26.0 Å². The zero-order valence-corrected chi connectivity index (χ0v) is 10.9. The first-order valence-corrected chi connectivity index (χ1v) is 5.99. The highest BCUT2D eigenvalue weighted by molar-refractivity contribution is 6.32. The third kappa shape index (κ3) is 2.24. The Balaban J connectivity index is 2.53. The molecule has 2 aromatic rings. The van der Waals surface area contributed by atoms with Gasteiger partial charge in [0.05, 0.1) is 23.5 Å². The van der Waals surface area contributed by atoms with Gasteiger partial charge < -0.3 is 4.74 Å². The quantitative estimate of drug-likeness (QED) is 0.801. The largest absolute Gasteiger partial charge is 0.461 e. The SMILES string of the molecule is CCOC(=O)c1c(C)cnn1-c1ccccc1Cl. The minimum Gasteiger partial charge on any atom is -0.461 e. The second-order valence-corrected chi connectivity index (χ2v) is 4.17. The summed E-state index contributed by atoms with van der Waals surface area (Å²) in [6.07, 6.45) is 1.62. The van der Waals surface area contributed by atoms with Gasteiger partial charge in [-0.3, -0.25) is 0 Å². The van der Waals surface area contributed by atoms with Crippen LogP contribution in [0.5, 0.6) is 0 Å². The molecule has 0 bridgehead atoms. The summed E-state index contributed by atoms with van der Waals surface area (Å²) in [4.78, 5) is 11.9. The fourth-order valence-electron chi connectivity index (χ4n) is 1.68. The minimum absolute atomic E-state index is 0.325. The van der Waals surface area contributed by atoms with Crippen molar-refractivity contribution in [2.75, 3.05) is 6.61 Å². The number of hydrogen-bond acceptors (Lipinski definition) is 3. The summed E-state index contributed by atoms with van der Waals surface area (Å²) >= 11 is 6.11. The number of carbonyl (C=O) groups excluding carboxylic acids is 1. The van der Waals surface area contributed by atoms with Gasteiger partial charge in [0.1, 0.15) is 0 Å². The van der Waals surface area contributed by atoms with Crippen LogP contribution >= 0.6 is 11.6 Å². The lowest BCUT2D eigenvalue weighted by molar-refractivity contribution is 0.0515. The highest BCUT2D eigenvalue weighted by atomic mass is 35.5. The van der Waals surface area contributed by atoms with Gasteiger partial charge in [-0.1, -0.05) is 23.7 Å². The molecule has 1 aromatic carbocycles. The van der Waals surface area contributed by atoms with E-state index in [0.717, 1.165) is 5.56 Å². The number of hydrogen-bond donors (Lipinski definition) is 0. The van der Waals surface area contributed by atoms with Crippen molar-refractivity contribution in [3.05, 3.63) is 46.7 Å². The summed E-state index contributed by atoms with van der Waals surface area (Å²) in [6, 6.07) is 7.22. The van der Waals surface area contributed by atoms with Crippen LogP contribution in [0.4, 0.5) is 0 Å². The number of aromatic nitrogens is 2. The number of aryl methyl sites for hydroxylation is 1. The smallest absolute Gasteiger partial charge is 0.357 e. The average molecular weight is 265 g/mol. The van der Waals surface area contributed by atoms with Crippen LogP contribution in [0.2, 0.25) is 5.02 Å². The molecule has 0 saturated heterocycles. The Labute approximate surface area is 110 Å². The van der Waals surface area contributed by atoms with Crippen LogP contribution in [0, 0.1) is 6.92 Å². The number of carbonyl (C=O) groups is 1. The summed E-state index contributed by atoms with van der Waals surface area (Å²) in [5.41, 5.74) is 1.83. The molecule has 4 nitrogen and oxygen atoms in total. The first kappa shape index (κ1) is 12.6. The molecule has 0 aliphatic heterocycles. The molecule has 0 unspecified atom stereocenters. The molecular weight excluding hydrogens is 252 g/mol. The Kier molecular flexibility index (Phi) is 3.67. The molecule has 0 aliphatic rings. The highest BCUT2D eigenvalue weighted by Gasteiger charge is 2.19. The van der Waals surface area contributed by atoms with E-state index >= 15 is 0 Å². The Hall–Kier alpha value is -1.81. The average Bonchev–Trinajstić information content (AvgIpc) is 2.72. The molecule has 0 amide bonds. The molecule has 5 heteroatoms. The number of benzene rings is 1. The van der Waals surface area contributed by atoms with Crippen LogP contribution in [0.3, 0.4) is 0 Å². The van der Waals surface area contributed by atoms with Gasteiger partial charge in [-0.15, -0.1) is 0 Å². The topological polar surface area (TPSA) is 44.1 Å². The van der Waals surface area contributed by atoms with Gasteiger partial charge >= 0.3 is 5.97 Å². The van der Waals surface area contributed by atoms with Crippen LogP contribution in [-0.4, -0.2) is 22.4 Å². The van der Waals surface area contributed by atoms with E-state index < -0.39 is 5.97 Å². The summed E-state index contributed by atoms with van der Waals surface area (Å²) in [5, 5.41) is 4.71. The van der Waals surface area contributed by atoms with Gasteiger partial charge in [-0.2, -0.15) is 5.10 Å². The third-order valence-electron chi connectivity index (χ3n) is 2.50. The zero-order valence-electron chi connectivity index (χ0n) is 10.2. The molecule has 0 radical (unpaired) electrons. The second kappa shape index (κ2) is 5.23. The van der Waals surface area contributed by atoms with E-state index in [1.165, 1.54) is 4.68 Å². The Bertz CT molecular complexity index is 578. The summed E-state index contributed by atoms with van der Waals surface area (Å²) in [6.45, 7) is 3.90. The summed E-state index contributed by atoms with van der Waals surface area (Å²) in [7, 11) is 0. The number of para-hydroxylation sites is 1. The molecule has 0 atom stereocenters. The number of halogens is 1. The fourth-order valence-corrected chi connectivity index (χ4v) is 1.90. The van der Waals surface area contributed by atoms with E-state index in [0.29, 0.717) is 23.0 Å². The summed E-state index contributed by atoms with van der Waals surface area (Å²) < 4.78 is 6.54. The van der Waals surface area contributed by atoms with Crippen molar-refractivity contribution < 1.29 is 9.53 Å². The van der Waals surface area contributed by atoms with E-state index in [1.54, 1.807) is 25.3 Å². The van der Waals surface area contributed by atoms with Gasteiger partial charge in [0.2, 0.25) is 0 Å². The standard InChI is InChI=1S/C13H13ClN2O2/c1-3-18-13(17)12-9(2)8-15-16(12)11-7-5-4-6-10(11)14/h4-8H,3H2,1-2H3. The van der Waals surface area contributed by atoms with Crippen LogP contribution in [0.15, 0.2) is 30.5 Å². The molecule has 0 N–H and O–H groups in total. The molecule has 2 rings (SSSR count). The van der Waals surface area contributed by atoms with Crippen LogP contribution in [0.25, 0.3) is 5.69 Å². The van der Waals surface area contributed by atoms with Gasteiger partial charge in [-0.25, -0.2) is 9.48 Å². The monoisotopic (exact) mass is 264 g/mol. The second-order valence-electron chi connectivity index (χ2n) is 3.76. The lowest BCUT2D eigenvalue weighted by Crippen LogP contribution is -2.13. The molecule has 94 valence electrons. The van der Waals surface area contributed by atoms with Crippen molar-refractivity contribution in [2.24, 2.45) is 0 Å². The summed E-state index contributed by atoms with van der Waals surface area (Å²) in [5.74, 6) is -0.396. The Morgan fingerprint density at radius 1 is 1.44 bits per heavy atom. The fraction of sp³-hybridized carbons (Fsp3) is 0.231. The van der Waals surface area contributed by atoms with E-state index in [1.807, 2.05) is 19.1 Å². The molecular formula is C13H13ClN2O2. The molecule has 1 heterocycles. The van der Waals surface area contributed by atoms with E-state index in [-0.39, 0.29) is 0 Å². The van der Waals surface area contributed by atoms with E-state index in [2.05, 4.69) is 5.10 Å². The molecule has 0 fully saturated rings. The number of nitrogens with zero attached hydrogens (tertiary/aromatic N) is 2. The van der Waals surface area contributed by atoms with E-state index in [4.69, 9.17) is 16.3 Å². The molecule has 0 aliphatic carbocycles. The molecule has 0 spiro atoms. The molecule has 18 heavy (non-hydrogen) atoms. The lowest BCUT2D eigenvalue weighted by atomic mass is 10.2.